The minimum atomic E-state index is -0.162. The molecule has 0 bridgehead atoms. The minimum absolute atomic E-state index is 0.0130. The summed E-state index contributed by atoms with van der Waals surface area (Å²) in [5.74, 6) is 1.16. The van der Waals surface area contributed by atoms with Gasteiger partial charge in [0.05, 0.1) is 25.8 Å². The lowest BCUT2D eigenvalue weighted by Gasteiger charge is -2.36. The first-order chi connectivity index (χ1) is 15.2. The van der Waals surface area contributed by atoms with Crippen molar-refractivity contribution in [2.45, 2.75) is 12.0 Å². The molecule has 1 aromatic heterocycles. The van der Waals surface area contributed by atoms with E-state index in [9.17, 15) is 4.79 Å². The summed E-state index contributed by atoms with van der Waals surface area (Å²) in [6, 6.07) is 22.6. The van der Waals surface area contributed by atoms with Gasteiger partial charge >= 0.3 is 0 Å². The summed E-state index contributed by atoms with van der Waals surface area (Å²) in [5.41, 5.74) is 6.23. The van der Waals surface area contributed by atoms with Gasteiger partial charge in [-0.3, -0.25) is 4.79 Å². The van der Waals surface area contributed by atoms with Crippen molar-refractivity contribution in [3.05, 3.63) is 94.7 Å². The van der Waals surface area contributed by atoms with Crippen LogP contribution in [-0.2, 0) is 0 Å². The van der Waals surface area contributed by atoms with Crippen molar-refractivity contribution < 1.29 is 14.3 Å². The molecule has 31 heavy (non-hydrogen) atoms. The predicted octanol–water partition coefficient (Wildman–Crippen LogP) is 4.88. The predicted molar refractivity (Wildman–Crippen MR) is 119 cm³/mol. The van der Waals surface area contributed by atoms with Gasteiger partial charge in [0.1, 0.15) is 0 Å². The van der Waals surface area contributed by atoms with Crippen LogP contribution < -0.4 is 9.47 Å². The molecular formula is C26H22N2O3. The highest BCUT2D eigenvalue weighted by molar-refractivity contribution is 6.04. The van der Waals surface area contributed by atoms with E-state index in [0.717, 1.165) is 16.8 Å². The first-order valence-corrected chi connectivity index (χ1v) is 10.4. The Bertz CT molecular complexity index is 1330. The maximum absolute atomic E-state index is 13.7. The summed E-state index contributed by atoms with van der Waals surface area (Å²) in [6.45, 7) is 0.614. The van der Waals surface area contributed by atoms with E-state index in [1.54, 1.807) is 14.2 Å². The summed E-state index contributed by atoms with van der Waals surface area (Å²) in [4.78, 5) is 19.3. The van der Waals surface area contributed by atoms with E-state index in [4.69, 9.17) is 9.47 Å². The van der Waals surface area contributed by atoms with Gasteiger partial charge in [-0.15, -0.1) is 0 Å². The van der Waals surface area contributed by atoms with Crippen LogP contribution in [0.1, 0.15) is 44.7 Å². The SMILES string of the molecule is COc1ccc2c(c1OC)C(=O)N1CC(c3ccccc3)c3c([nH]c4ccccc34)C21. The molecule has 5 nitrogen and oxygen atoms in total. The molecule has 0 saturated heterocycles. The van der Waals surface area contributed by atoms with Crippen molar-refractivity contribution in [3.8, 4) is 11.5 Å². The van der Waals surface area contributed by atoms with Gasteiger partial charge in [0.15, 0.2) is 11.5 Å². The van der Waals surface area contributed by atoms with E-state index in [1.165, 1.54) is 16.5 Å². The number of benzene rings is 3. The van der Waals surface area contributed by atoms with E-state index < -0.39 is 0 Å². The molecule has 2 aliphatic heterocycles. The number of carbonyl (C=O) groups excluding carboxylic acids is 1. The van der Waals surface area contributed by atoms with Crippen LogP contribution >= 0.6 is 0 Å². The van der Waals surface area contributed by atoms with Crippen LogP contribution in [0.2, 0.25) is 0 Å². The first-order valence-electron chi connectivity index (χ1n) is 10.4. The number of para-hydroxylation sites is 1. The van der Waals surface area contributed by atoms with Crippen LogP contribution in [0.3, 0.4) is 0 Å². The van der Waals surface area contributed by atoms with Gasteiger partial charge in [0.2, 0.25) is 0 Å². The molecule has 0 saturated carbocycles. The third-order valence-electron chi connectivity index (χ3n) is 6.64. The lowest BCUT2D eigenvalue weighted by atomic mass is 9.83. The number of methoxy groups -OCH3 is 2. The number of fused-ring (bicyclic) bond motifs is 7. The van der Waals surface area contributed by atoms with Gasteiger partial charge in [0.25, 0.3) is 5.91 Å². The average Bonchev–Trinajstić information content (AvgIpc) is 3.34. The molecule has 5 heteroatoms. The largest absolute Gasteiger partial charge is 0.493 e. The Morgan fingerprint density at radius 2 is 1.71 bits per heavy atom. The molecule has 0 radical (unpaired) electrons. The standard InChI is InChI=1S/C26H22N2O3/c1-30-20-13-12-17-22(25(20)31-2)26(29)28-14-18(15-8-4-3-5-9-15)21-16-10-6-7-11-19(16)27-23(21)24(17)28/h3-13,18,24,27H,14H2,1-2H3. The van der Waals surface area contributed by atoms with Crippen LogP contribution in [0.4, 0.5) is 0 Å². The molecule has 0 aliphatic carbocycles. The molecule has 2 unspecified atom stereocenters. The molecule has 6 rings (SSSR count). The van der Waals surface area contributed by atoms with Crippen LogP contribution in [0.5, 0.6) is 11.5 Å². The van der Waals surface area contributed by atoms with E-state index in [-0.39, 0.29) is 17.9 Å². The van der Waals surface area contributed by atoms with Crippen LogP contribution in [-0.4, -0.2) is 36.6 Å². The van der Waals surface area contributed by atoms with Crippen molar-refractivity contribution in [1.82, 2.24) is 9.88 Å². The van der Waals surface area contributed by atoms with Crippen LogP contribution in [0.15, 0.2) is 66.7 Å². The van der Waals surface area contributed by atoms with Crippen molar-refractivity contribution >= 4 is 16.8 Å². The normalized spacial score (nSPS) is 19.2. The van der Waals surface area contributed by atoms with Gasteiger partial charge in [-0.1, -0.05) is 54.6 Å². The number of H-pyrrole nitrogens is 1. The lowest BCUT2D eigenvalue weighted by Crippen LogP contribution is -2.37. The number of aromatic nitrogens is 1. The number of ether oxygens (including phenoxy) is 2. The van der Waals surface area contributed by atoms with Crippen molar-refractivity contribution in [3.63, 3.8) is 0 Å². The van der Waals surface area contributed by atoms with E-state index in [2.05, 4.69) is 47.4 Å². The summed E-state index contributed by atoms with van der Waals surface area (Å²) in [7, 11) is 3.18. The number of carbonyl (C=O) groups is 1. The molecule has 3 aromatic carbocycles. The second-order valence-electron chi connectivity index (χ2n) is 8.09. The van der Waals surface area contributed by atoms with Crippen molar-refractivity contribution in [1.29, 1.82) is 0 Å². The first kappa shape index (κ1) is 18.1. The Balaban J connectivity index is 1.63. The molecule has 0 spiro atoms. The summed E-state index contributed by atoms with van der Waals surface area (Å²) >= 11 is 0. The zero-order valence-corrected chi connectivity index (χ0v) is 17.4. The molecule has 2 aliphatic rings. The zero-order chi connectivity index (χ0) is 21.1. The van der Waals surface area contributed by atoms with Gasteiger partial charge in [0, 0.05) is 29.1 Å². The molecular weight excluding hydrogens is 388 g/mol. The maximum atomic E-state index is 13.7. The second-order valence-corrected chi connectivity index (χ2v) is 8.09. The summed E-state index contributed by atoms with van der Waals surface area (Å²) in [5, 5.41) is 1.22. The second kappa shape index (κ2) is 6.64. The zero-order valence-electron chi connectivity index (χ0n) is 17.4. The fourth-order valence-corrected chi connectivity index (χ4v) is 5.34. The van der Waals surface area contributed by atoms with E-state index in [1.807, 2.05) is 29.2 Å². The Labute approximate surface area is 180 Å². The van der Waals surface area contributed by atoms with Crippen LogP contribution in [0, 0.1) is 0 Å². The maximum Gasteiger partial charge on any atom is 0.259 e. The molecule has 4 aromatic rings. The third kappa shape index (κ3) is 2.40. The molecule has 1 amide bonds. The fraction of sp³-hybridized carbons (Fsp3) is 0.192. The number of nitrogens with zero attached hydrogens (tertiary/aromatic N) is 1. The van der Waals surface area contributed by atoms with E-state index in [0.29, 0.717) is 23.6 Å². The lowest BCUT2D eigenvalue weighted by molar-refractivity contribution is 0.0725. The van der Waals surface area contributed by atoms with E-state index >= 15 is 0 Å². The quantitative estimate of drug-likeness (QED) is 0.524. The number of nitrogens with one attached hydrogen (secondary N) is 1. The van der Waals surface area contributed by atoms with Gasteiger partial charge in [-0.25, -0.2) is 0 Å². The summed E-state index contributed by atoms with van der Waals surface area (Å²) in [6.07, 6.45) is 0. The van der Waals surface area contributed by atoms with Crippen molar-refractivity contribution in [2.75, 3.05) is 20.8 Å². The monoisotopic (exact) mass is 410 g/mol. The molecule has 154 valence electrons. The van der Waals surface area contributed by atoms with Gasteiger partial charge < -0.3 is 19.4 Å². The highest BCUT2D eigenvalue weighted by Gasteiger charge is 2.47. The molecule has 0 fully saturated rings. The molecule has 2 atom stereocenters. The number of aromatic amines is 1. The minimum Gasteiger partial charge on any atom is -0.493 e. The van der Waals surface area contributed by atoms with Crippen LogP contribution in [0.25, 0.3) is 10.9 Å². The Morgan fingerprint density at radius 1 is 0.935 bits per heavy atom. The summed E-state index contributed by atoms with van der Waals surface area (Å²) < 4.78 is 11.1. The fourth-order valence-electron chi connectivity index (χ4n) is 5.34. The smallest absolute Gasteiger partial charge is 0.259 e. The molecule has 1 N–H and O–H groups in total. The number of rotatable bonds is 3. The Hall–Kier alpha value is -3.73. The molecule has 3 heterocycles. The highest BCUT2D eigenvalue weighted by atomic mass is 16.5. The number of hydrogen-bond donors (Lipinski definition) is 1. The Morgan fingerprint density at radius 3 is 2.48 bits per heavy atom. The topological polar surface area (TPSA) is 54.6 Å². The third-order valence-corrected chi connectivity index (χ3v) is 6.64. The van der Waals surface area contributed by atoms with Crippen molar-refractivity contribution in [2.24, 2.45) is 0 Å². The van der Waals surface area contributed by atoms with Gasteiger partial charge in [-0.05, 0) is 28.8 Å². The highest BCUT2D eigenvalue weighted by Crippen LogP contribution is 2.52. The Kier molecular flexibility index (Phi) is 3.87. The number of amides is 1. The average molecular weight is 410 g/mol. The van der Waals surface area contributed by atoms with Gasteiger partial charge in [-0.2, -0.15) is 0 Å². The number of hydrogen-bond acceptors (Lipinski definition) is 3.